The van der Waals surface area contributed by atoms with E-state index in [1.165, 1.54) is 4.90 Å². The van der Waals surface area contributed by atoms with E-state index in [4.69, 9.17) is 11.6 Å². The quantitative estimate of drug-likeness (QED) is 0.603. The van der Waals surface area contributed by atoms with Crippen LogP contribution in [0.5, 0.6) is 0 Å². The van der Waals surface area contributed by atoms with Crippen LogP contribution in [0.4, 0.5) is 5.69 Å². The van der Waals surface area contributed by atoms with Crippen LogP contribution in [-0.4, -0.2) is 11.8 Å². The van der Waals surface area contributed by atoms with Gasteiger partial charge in [-0.25, -0.2) is 4.90 Å². The summed E-state index contributed by atoms with van der Waals surface area (Å²) in [6, 6.07) is 26.7. The minimum Gasteiger partial charge on any atom is -0.274 e. The van der Waals surface area contributed by atoms with Crippen LogP contribution in [0.25, 0.3) is 0 Å². The summed E-state index contributed by atoms with van der Waals surface area (Å²) in [5, 5.41) is 0.571. The molecule has 3 nitrogen and oxygen atoms in total. The van der Waals surface area contributed by atoms with Gasteiger partial charge in [0.2, 0.25) is 11.8 Å². The molecule has 1 aliphatic heterocycles. The van der Waals surface area contributed by atoms with Gasteiger partial charge in [-0.15, -0.1) is 0 Å². The van der Waals surface area contributed by atoms with E-state index in [0.717, 1.165) is 11.1 Å². The second-order valence-corrected chi connectivity index (χ2v) is 8.07. The maximum absolute atomic E-state index is 13.6. The van der Waals surface area contributed by atoms with Gasteiger partial charge in [0.25, 0.3) is 0 Å². The molecule has 3 aromatic carbocycles. The molecule has 2 fully saturated rings. The van der Waals surface area contributed by atoms with Crippen molar-refractivity contribution >= 4 is 29.1 Å². The Labute approximate surface area is 168 Å². The van der Waals surface area contributed by atoms with Crippen molar-refractivity contribution in [2.45, 2.75) is 12.3 Å². The highest BCUT2D eigenvalue weighted by Gasteiger charge is 2.86. The van der Waals surface area contributed by atoms with Crippen LogP contribution in [0.15, 0.2) is 84.9 Å². The Morgan fingerprint density at radius 2 is 1.29 bits per heavy atom. The van der Waals surface area contributed by atoms with E-state index in [1.807, 2.05) is 67.6 Å². The molecule has 0 radical (unpaired) electrons. The number of benzene rings is 3. The highest BCUT2D eigenvalue weighted by molar-refractivity contribution is 6.31. The van der Waals surface area contributed by atoms with E-state index in [-0.39, 0.29) is 11.8 Å². The van der Waals surface area contributed by atoms with Gasteiger partial charge in [-0.3, -0.25) is 9.59 Å². The lowest BCUT2D eigenvalue weighted by molar-refractivity contribution is -0.125. The van der Waals surface area contributed by atoms with E-state index >= 15 is 0 Å². The molecule has 138 valence electrons. The number of imide groups is 1. The lowest BCUT2D eigenvalue weighted by Gasteiger charge is -2.29. The van der Waals surface area contributed by atoms with Crippen LogP contribution in [0.3, 0.4) is 0 Å². The van der Waals surface area contributed by atoms with Crippen LogP contribution < -0.4 is 4.90 Å². The standard InChI is InChI=1S/C24H18ClNO2/c1-23-20(21(27)26(22(23)28)19-14-12-18(25)13-15-19)24(23,16-8-4-2-5-9-16)17-10-6-3-7-11-17/h2-15,20H,1H3/t20-,23-/m0/s1. The van der Waals surface area contributed by atoms with E-state index in [1.54, 1.807) is 24.3 Å². The van der Waals surface area contributed by atoms with Gasteiger partial charge in [-0.1, -0.05) is 72.3 Å². The Balaban J connectivity index is 1.67. The fourth-order valence-electron chi connectivity index (χ4n) is 5.14. The summed E-state index contributed by atoms with van der Waals surface area (Å²) < 4.78 is 0. The third kappa shape index (κ3) is 1.95. The molecule has 5 rings (SSSR count). The number of rotatable bonds is 3. The van der Waals surface area contributed by atoms with Crippen molar-refractivity contribution in [2.24, 2.45) is 11.3 Å². The summed E-state index contributed by atoms with van der Waals surface area (Å²) in [5.41, 5.74) is 1.14. The van der Waals surface area contributed by atoms with E-state index in [2.05, 4.69) is 0 Å². The molecular formula is C24H18ClNO2. The van der Waals surface area contributed by atoms with Gasteiger partial charge in [-0.2, -0.15) is 0 Å². The van der Waals surface area contributed by atoms with E-state index < -0.39 is 16.7 Å². The predicted octanol–water partition coefficient (Wildman–Crippen LogP) is 4.84. The van der Waals surface area contributed by atoms with Crippen LogP contribution in [-0.2, 0) is 15.0 Å². The molecule has 2 amide bonds. The number of fused-ring (bicyclic) bond motifs is 1. The lowest BCUT2D eigenvalue weighted by Crippen LogP contribution is -2.42. The molecule has 1 saturated heterocycles. The number of anilines is 1. The zero-order chi connectivity index (χ0) is 19.5. The average molecular weight is 388 g/mol. The second-order valence-electron chi connectivity index (χ2n) is 7.63. The molecule has 2 atom stereocenters. The first-order valence-corrected chi connectivity index (χ1v) is 9.65. The number of piperidine rings is 1. The Morgan fingerprint density at radius 3 is 1.71 bits per heavy atom. The van der Waals surface area contributed by atoms with Crippen molar-refractivity contribution < 1.29 is 9.59 Å². The summed E-state index contributed by atoms with van der Waals surface area (Å²) in [6.45, 7) is 1.92. The molecule has 1 aliphatic carbocycles. The Kier molecular flexibility index (Phi) is 3.56. The largest absolute Gasteiger partial charge is 0.274 e. The fourth-order valence-corrected chi connectivity index (χ4v) is 5.27. The van der Waals surface area contributed by atoms with Crippen molar-refractivity contribution in [1.29, 1.82) is 0 Å². The molecule has 1 heterocycles. The Bertz CT molecular complexity index is 1040. The first-order chi connectivity index (χ1) is 13.5. The topological polar surface area (TPSA) is 37.4 Å². The highest BCUT2D eigenvalue weighted by atomic mass is 35.5. The molecule has 4 heteroatoms. The number of carbonyl (C=O) groups is 2. The Hall–Kier alpha value is -2.91. The van der Waals surface area contributed by atoms with E-state index in [9.17, 15) is 9.59 Å². The molecule has 3 aromatic rings. The summed E-state index contributed by atoms with van der Waals surface area (Å²) in [5.74, 6) is -0.729. The summed E-state index contributed by atoms with van der Waals surface area (Å²) in [4.78, 5) is 28.4. The van der Waals surface area contributed by atoms with E-state index in [0.29, 0.717) is 10.7 Å². The minimum atomic E-state index is -0.813. The molecule has 28 heavy (non-hydrogen) atoms. The van der Waals surface area contributed by atoms with Crippen LogP contribution in [0.2, 0.25) is 5.02 Å². The van der Waals surface area contributed by atoms with Crippen molar-refractivity contribution in [1.82, 2.24) is 0 Å². The maximum atomic E-state index is 13.6. The predicted molar refractivity (Wildman–Crippen MR) is 109 cm³/mol. The number of amides is 2. The van der Waals surface area contributed by atoms with Crippen molar-refractivity contribution in [3.05, 3.63) is 101 Å². The third-order valence-corrected chi connectivity index (χ3v) is 6.66. The highest BCUT2D eigenvalue weighted by Crippen LogP contribution is 2.76. The maximum Gasteiger partial charge on any atom is 0.241 e. The smallest absolute Gasteiger partial charge is 0.241 e. The van der Waals surface area contributed by atoms with Crippen molar-refractivity contribution in [2.75, 3.05) is 4.90 Å². The molecule has 0 spiro atoms. The summed E-state index contributed by atoms with van der Waals surface area (Å²) >= 11 is 5.97. The van der Waals surface area contributed by atoms with Crippen LogP contribution >= 0.6 is 11.6 Å². The van der Waals surface area contributed by atoms with Gasteiger partial charge >= 0.3 is 0 Å². The zero-order valence-corrected chi connectivity index (χ0v) is 16.1. The summed E-state index contributed by atoms with van der Waals surface area (Å²) in [7, 11) is 0. The number of halogens is 1. The Morgan fingerprint density at radius 1 is 0.786 bits per heavy atom. The van der Waals surface area contributed by atoms with Gasteiger partial charge < -0.3 is 0 Å². The zero-order valence-electron chi connectivity index (χ0n) is 15.3. The number of hydrogen-bond donors (Lipinski definition) is 0. The summed E-state index contributed by atoms with van der Waals surface area (Å²) in [6.07, 6.45) is 0. The molecule has 0 bridgehead atoms. The molecule has 0 N–H and O–H groups in total. The molecule has 0 aromatic heterocycles. The van der Waals surface area contributed by atoms with Crippen molar-refractivity contribution in [3.63, 3.8) is 0 Å². The van der Waals surface area contributed by atoms with Gasteiger partial charge in [0, 0.05) is 10.4 Å². The van der Waals surface area contributed by atoms with Crippen molar-refractivity contribution in [3.8, 4) is 0 Å². The monoisotopic (exact) mass is 387 g/mol. The molecule has 2 aliphatic rings. The number of nitrogens with zero attached hydrogens (tertiary/aromatic N) is 1. The molecule has 1 saturated carbocycles. The number of carbonyl (C=O) groups excluding carboxylic acids is 2. The molecule has 0 unspecified atom stereocenters. The third-order valence-electron chi connectivity index (χ3n) is 6.40. The normalized spacial score (nSPS) is 24.9. The number of hydrogen-bond acceptors (Lipinski definition) is 2. The van der Waals surface area contributed by atoms with Crippen LogP contribution in [0, 0.1) is 11.3 Å². The minimum absolute atomic E-state index is 0.150. The SMILES string of the molecule is C[C@@]12C(=O)N(c3ccc(Cl)cc3)C(=O)[C@@H]1C2(c1ccccc1)c1ccccc1. The first-order valence-electron chi connectivity index (χ1n) is 9.28. The van der Waals surface area contributed by atoms with Gasteiger partial charge in [0.15, 0.2) is 0 Å². The fraction of sp³-hybridized carbons (Fsp3) is 0.167. The second kappa shape index (κ2) is 5.79. The van der Waals surface area contributed by atoms with Gasteiger partial charge in [0.05, 0.1) is 17.0 Å². The molecular weight excluding hydrogens is 370 g/mol. The first kappa shape index (κ1) is 17.2. The van der Waals surface area contributed by atoms with Gasteiger partial charge in [-0.05, 0) is 42.3 Å². The lowest BCUT2D eigenvalue weighted by atomic mass is 9.79. The van der Waals surface area contributed by atoms with Gasteiger partial charge in [0.1, 0.15) is 0 Å². The average Bonchev–Trinajstić information content (AvgIpc) is 3.26. The van der Waals surface area contributed by atoms with Crippen LogP contribution in [0.1, 0.15) is 18.1 Å².